The van der Waals surface area contributed by atoms with Crippen LogP contribution in [0.5, 0.6) is 0 Å². The van der Waals surface area contributed by atoms with Crippen molar-refractivity contribution in [2.24, 2.45) is 5.10 Å². The SMILES string of the molecule is C/C(=N/Nc1nc(C(F)(F)F)nc2ccccc12)c1ccc(C)cc1. The zero-order chi connectivity index (χ0) is 18.0. The number of halogens is 3. The van der Waals surface area contributed by atoms with Crippen molar-refractivity contribution in [2.75, 3.05) is 5.43 Å². The van der Waals surface area contributed by atoms with Crippen molar-refractivity contribution in [3.63, 3.8) is 0 Å². The van der Waals surface area contributed by atoms with Gasteiger partial charge >= 0.3 is 6.18 Å². The van der Waals surface area contributed by atoms with E-state index in [1.165, 1.54) is 6.07 Å². The molecule has 2 aromatic carbocycles. The average Bonchev–Trinajstić information content (AvgIpc) is 2.59. The Bertz CT molecular complexity index is 931. The Morgan fingerprint density at radius 3 is 2.36 bits per heavy atom. The molecule has 0 fully saturated rings. The molecule has 0 aliphatic heterocycles. The summed E-state index contributed by atoms with van der Waals surface area (Å²) in [5.41, 5.74) is 5.47. The van der Waals surface area contributed by atoms with Crippen LogP contribution < -0.4 is 5.43 Å². The van der Waals surface area contributed by atoms with Gasteiger partial charge in [-0.25, -0.2) is 9.97 Å². The monoisotopic (exact) mass is 344 g/mol. The highest BCUT2D eigenvalue weighted by Crippen LogP contribution is 2.30. The molecule has 3 aromatic rings. The highest BCUT2D eigenvalue weighted by Gasteiger charge is 2.35. The van der Waals surface area contributed by atoms with Gasteiger partial charge in [0.05, 0.1) is 11.2 Å². The topological polar surface area (TPSA) is 50.2 Å². The third-order valence-electron chi connectivity index (χ3n) is 3.66. The first-order valence-corrected chi connectivity index (χ1v) is 7.56. The number of benzene rings is 2. The summed E-state index contributed by atoms with van der Waals surface area (Å²) >= 11 is 0. The molecule has 0 aliphatic carbocycles. The molecule has 1 aromatic heterocycles. The average molecular weight is 344 g/mol. The summed E-state index contributed by atoms with van der Waals surface area (Å²) in [5.74, 6) is -1.18. The number of hydrogen-bond acceptors (Lipinski definition) is 4. The van der Waals surface area contributed by atoms with Crippen molar-refractivity contribution in [2.45, 2.75) is 20.0 Å². The van der Waals surface area contributed by atoms with Gasteiger partial charge in [-0.1, -0.05) is 42.0 Å². The van der Waals surface area contributed by atoms with Gasteiger partial charge in [-0.3, -0.25) is 5.43 Å². The van der Waals surface area contributed by atoms with Gasteiger partial charge in [0, 0.05) is 5.39 Å². The molecule has 0 bridgehead atoms. The molecular formula is C18H15F3N4. The smallest absolute Gasteiger partial charge is 0.260 e. The molecule has 0 spiro atoms. The number of anilines is 1. The summed E-state index contributed by atoms with van der Waals surface area (Å²) in [6, 6.07) is 14.2. The zero-order valence-corrected chi connectivity index (χ0v) is 13.6. The zero-order valence-electron chi connectivity index (χ0n) is 13.6. The lowest BCUT2D eigenvalue weighted by atomic mass is 10.1. The minimum atomic E-state index is -4.63. The molecule has 0 saturated carbocycles. The van der Waals surface area contributed by atoms with Crippen molar-refractivity contribution in [3.8, 4) is 0 Å². The number of aromatic nitrogens is 2. The highest BCUT2D eigenvalue weighted by molar-refractivity contribution is 5.99. The van der Waals surface area contributed by atoms with Gasteiger partial charge in [0.25, 0.3) is 0 Å². The molecule has 128 valence electrons. The summed E-state index contributed by atoms with van der Waals surface area (Å²) in [4.78, 5) is 7.18. The number of nitrogens with zero attached hydrogens (tertiary/aromatic N) is 3. The quantitative estimate of drug-likeness (QED) is 0.549. The van der Waals surface area contributed by atoms with Crippen LogP contribution in [0.25, 0.3) is 10.9 Å². The maximum atomic E-state index is 13.0. The maximum absolute atomic E-state index is 13.0. The molecule has 0 saturated heterocycles. The fraction of sp³-hybridized carbons (Fsp3) is 0.167. The molecule has 0 unspecified atom stereocenters. The van der Waals surface area contributed by atoms with Gasteiger partial charge in [-0.15, -0.1) is 0 Å². The van der Waals surface area contributed by atoms with E-state index in [1.54, 1.807) is 25.1 Å². The highest BCUT2D eigenvalue weighted by atomic mass is 19.4. The van der Waals surface area contributed by atoms with Gasteiger partial charge in [0.2, 0.25) is 5.82 Å². The normalized spacial score (nSPS) is 12.4. The second-order valence-corrected chi connectivity index (χ2v) is 5.59. The van der Waals surface area contributed by atoms with Crippen molar-refractivity contribution >= 4 is 22.4 Å². The molecule has 0 aliphatic rings. The Balaban J connectivity index is 2.00. The number of fused-ring (bicyclic) bond motifs is 1. The minimum absolute atomic E-state index is 0.0180. The van der Waals surface area contributed by atoms with Crippen LogP contribution in [-0.2, 0) is 6.18 Å². The number of aryl methyl sites for hydroxylation is 1. The summed E-state index contributed by atoms with van der Waals surface area (Å²) in [7, 11) is 0. The van der Waals surface area contributed by atoms with Crippen LogP contribution in [0.2, 0.25) is 0 Å². The fourth-order valence-corrected chi connectivity index (χ4v) is 2.28. The Morgan fingerprint density at radius 2 is 1.68 bits per heavy atom. The third kappa shape index (κ3) is 3.76. The van der Waals surface area contributed by atoms with E-state index in [0.717, 1.165) is 11.1 Å². The molecule has 0 amide bonds. The second kappa shape index (κ2) is 6.51. The molecule has 1 N–H and O–H groups in total. The maximum Gasteiger partial charge on any atom is 0.451 e. The van der Waals surface area contributed by atoms with E-state index in [-0.39, 0.29) is 11.3 Å². The summed E-state index contributed by atoms with van der Waals surface area (Å²) in [5, 5.41) is 4.65. The van der Waals surface area contributed by atoms with Crippen molar-refractivity contribution < 1.29 is 13.2 Å². The van der Waals surface area contributed by atoms with Gasteiger partial charge in [0.1, 0.15) is 0 Å². The largest absolute Gasteiger partial charge is 0.451 e. The van der Waals surface area contributed by atoms with Crippen LogP contribution in [0.1, 0.15) is 23.9 Å². The first-order valence-electron chi connectivity index (χ1n) is 7.56. The molecule has 1 heterocycles. The molecule has 0 atom stereocenters. The Hall–Kier alpha value is -2.96. The predicted octanol–water partition coefficient (Wildman–Crippen LogP) is 4.79. The predicted molar refractivity (Wildman–Crippen MR) is 91.6 cm³/mol. The molecule has 0 radical (unpaired) electrons. The van der Waals surface area contributed by atoms with E-state index in [2.05, 4.69) is 20.5 Å². The first-order chi connectivity index (χ1) is 11.8. The molecular weight excluding hydrogens is 329 g/mol. The van der Waals surface area contributed by atoms with Crippen LogP contribution in [0.3, 0.4) is 0 Å². The van der Waals surface area contributed by atoms with E-state index in [1.807, 2.05) is 31.2 Å². The fourth-order valence-electron chi connectivity index (χ4n) is 2.28. The van der Waals surface area contributed by atoms with Crippen molar-refractivity contribution in [1.29, 1.82) is 0 Å². The molecule has 4 nitrogen and oxygen atoms in total. The summed E-state index contributed by atoms with van der Waals surface area (Å²) in [6.45, 7) is 3.74. The lowest BCUT2D eigenvalue weighted by Gasteiger charge is -2.10. The molecule has 7 heteroatoms. The Kier molecular flexibility index (Phi) is 4.39. The van der Waals surface area contributed by atoms with Crippen LogP contribution in [0, 0.1) is 6.92 Å². The lowest BCUT2D eigenvalue weighted by Crippen LogP contribution is -2.13. The van der Waals surface area contributed by atoms with Crippen LogP contribution in [-0.4, -0.2) is 15.7 Å². The number of alkyl halides is 3. The van der Waals surface area contributed by atoms with Gasteiger partial charge < -0.3 is 0 Å². The van der Waals surface area contributed by atoms with E-state index in [4.69, 9.17) is 0 Å². The summed E-state index contributed by atoms with van der Waals surface area (Å²) in [6.07, 6.45) is -4.63. The van der Waals surface area contributed by atoms with E-state index in [0.29, 0.717) is 11.1 Å². The van der Waals surface area contributed by atoms with Crippen molar-refractivity contribution in [3.05, 3.63) is 65.5 Å². The van der Waals surface area contributed by atoms with E-state index < -0.39 is 12.0 Å². The van der Waals surface area contributed by atoms with Gasteiger partial charge in [-0.2, -0.15) is 18.3 Å². The van der Waals surface area contributed by atoms with Gasteiger partial charge in [0.15, 0.2) is 5.82 Å². The van der Waals surface area contributed by atoms with E-state index >= 15 is 0 Å². The van der Waals surface area contributed by atoms with Crippen LogP contribution in [0.15, 0.2) is 53.6 Å². The number of nitrogens with one attached hydrogen (secondary N) is 1. The van der Waals surface area contributed by atoms with Crippen LogP contribution >= 0.6 is 0 Å². The summed E-state index contributed by atoms with van der Waals surface area (Å²) < 4.78 is 39.0. The first kappa shape index (κ1) is 16.9. The van der Waals surface area contributed by atoms with Crippen LogP contribution in [0.4, 0.5) is 19.0 Å². The number of hydrazone groups is 1. The Morgan fingerprint density at radius 1 is 1.00 bits per heavy atom. The molecule has 3 rings (SSSR count). The second-order valence-electron chi connectivity index (χ2n) is 5.59. The van der Waals surface area contributed by atoms with Gasteiger partial charge in [-0.05, 0) is 31.5 Å². The lowest BCUT2D eigenvalue weighted by molar-refractivity contribution is -0.144. The number of para-hydroxylation sites is 1. The van der Waals surface area contributed by atoms with Crippen molar-refractivity contribution in [1.82, 2.24) is 9.97 Å². The number of rotatable bonds is 3. The Labute approximate surface area is 142 Å². The minimum Gasteiger partial charge on any atom is -0.260 e. The third-order valence-corrected chi connectivity index (χ3v) is 3.66. The van der Waals surface area contributed by atoms with E-state index in [9.17, 15) is 13.2 Å². The number of hydrogen-bond donors (Lipinski definition) is 1. The standard InChI is InChI=1S/C18H15F3N4/c1-11-7-9-13(10-8-11)12(2)24-25-16-14-5-3-4-6-15(14)22-17(23-16)18(19,20)21/h3-10H,1-2H3,(H,22,23,25)/b24-12-. The molecule has 25 heavy (non-hydrogen) atoms.